The molecule has 0 amide bonds. The van der Waals surface area contributed by atoms with Gasteiger partial charge in [-0.3, -0.25) is 9.59 Å². The van der Waals surface area contributed by atoms with Crippen LogP contribution in [-0.4, -0.2) is 89.0 Å². The van der Waals surface area contributed by atoms with Gasteiger partial charge < -0.3 is 39.4 Å². The molecule has 0 aliphatic carbocycles. The molecule has 10 nitrogen and oxygen atoms in total. The Hall–Kier alpha value is -2.60. The number of aliphatic hydroxyl groups excluding tert-OH is 4. The van der Waals surface area contributed by atoms with Gasteiger partial charge in [0.25, 0.3) is 0 Å². The first-order chi connectivity index (χ1) is 26.8. The molecule has 10 heteroatoms. The van der Waals surface area contributed by atoms with Crippen LogP contribution in [0.25, 0.3) is 0 Å². The summed E-state index contributed by atoms with van der Waals surface area (Å²) in [5.74, 6) is -0.848. The number of carbonyl (C=O) groups is 2. The van der Waals surface area contributed by atoms with Crippen molar-refractivity contribution < 1.29 is 49.0 Å². The highest BCUT2D eigenvalue weighted by Crippen LogP contribution is 2.22. The van der Waals surface area contributed by atoms with Crippen molar-refractivity contribution in [2.75, 3.05) is 19.8 Å². The van der Waals surface area contributed by atoms with E-state index >= 15 is 0 Å². The Kier molecular flexibility index (Phi) is 32.8. The molecule has 1 heterocycles. The minimum atomic E-state index is -1.60. The van der Waals surface area contributed by atoms with Crippen molar-refractivity contribution in [3.8, 4) is 0 Å². The number of hydrogen-bond donors (Lipinski definition) is 4. The highest BCUT2D eigenvalue weighted by molar-refractivity contribution is 5.70. The first-order valence-corrected chi connectivity index (χ1v) is 21.4. The predicted molar refractivity (Wildman–Crippen MR) is 219 cm³/mol. The largest absolute Gasteiger partial charge is 0.462 e. The average molecular weight is 777 g/mol. The van der Waals surface area contributed by atoms with Crippen molar-refractivity contribution in [2.24, 2.45) is 0 Å². The molecule has 1 aliphatic rings. The summed E-state index contributed by atoms with van der Waals surface area (Å²) < 4.78 is 22.1. The van der Waals surface area contributed by atoms with Crippen molar-refractivity contribution in [1.82, 2.24) is 0 Å². The van der Waals surface area contributed by atoms with Crippen LogP contribution in [0.3, 0.4) is 0 Å². The summed E-state index contributed by atoms with van der Waals surface area (Å²) in [5, 5.41) is 40.0. The van der Waals surface area contributed by atoms with Crippen molar-refractivity contribution in [3.63, 3.8) is 0 Å². The van der Waals surface area contributed by atoms with Gasteiger partial charge in [-0.1, -0.05) is 145 Å². The van der Waals surface area contributed by atoms with E-state index in [1.165, 1.54) is 38.5 Å². The number of hydrogen-bond acceptors (Lipinski definition) is 10. The second kappa shape index (κ2) is 35.8. The van der Waals surface area contributed by atoms with Crippen LogP contribution in [0.4, 0.5) is 0 Å². The molecule has 1 aliphatic heterocycles. The molecule has 2 unspecified atom stereocenters. The molecular formula is C45H76O10. The van der Waals surface area contributed by atoms with Gasteiger partial charge in [0.1, 0.15) is 31.0 Å². The molecule has 316 valence electrons. The second-order valence-electron chi connectivity index (χ2n) is 14.5. The van der Waals surface area contributed by atoms with Gasteiger partial charge in [0, 0.05) is 12.8 Å². The third kappa shape index (κ3) is 27.6. The predicted octanol–water partition coefficient (Wildman–Crippen LogP) is 8.66. The standard InChI is InChI=1S/C45H76O10/c1-3-5-7-9-11-13-15-17-19-21-23-25-27-29-31-33-40(47)52-36-38(37-53-45-44(51)43(50)42(49)39(35-46)55-45)54-41(48)34-32-30-28-26-24-22-20-18-16-14-12-10-8-6-4-2/h5,7,9,11,13,15,17-20,38-39,42-46,49-51H,3-4,6,8,10,12,14,16,21-37H2,1-2H3/b7-5+,11-9+,15-13+,19-17+,20-18+/t38-,39-,42+,43?,44?,45-/m0/s1. The van der Waals surface area contributed by atoms with E-state index in [0.717, 1.165) is 77.0 Å². The maximum atomic E-state index is 12.7. The van der Waals surface area contributed by atoms with E-state index in [0.29, 0.717) is 12.8 Å². The molecule has 0 radical (unpaired) electrons. The van der Waals surface area contributed by atoms with E-state index in [4.69, 9.17) is 18.9 Å². The molecule has 1 rings (SSSR count). The third-order valence-corrected chi connectivity index (χ3v) is 9.48. The number of esters is 2. The third-order valence-electron chi connectivity index (χ3n) is 9.48. The monoisotopic (exact) mass is 777 g/mol. The lowest BCUT2D eigenvalue weighted by Crippen LogP contribution is -2.59. The first-order valence-electron chi connectivity index (χ1n) is 21.4. The summed E-state index contributed by atoms with van der Waals surface area (Å²) in [4.78, 5) is 25.3. The Balaban J connectivity index is 2.38. The van der Waals surface area contributed by atoms with E-state index in [9.17, 15) is 30.0 Å². The molecule has 55 heavy (non-hydrogen) atoms. The van der Waals surface area contributed by atoms with Gasteiger partial charge in [-0.2, -0.15) is 0 Å². The molecule has 0 spiro atoms. The Bertz CT molecular complexity index is 1080. The van der Waals surface area contributed by atoms with Gasteiger partial charge in [0.05, 0.1) is 13.2 Å². The second-order valence-corrected chi connectivity index (χ2v) is 14.5. The Morgan fingerprint density at radius 2 is 1.09 bits per heavy atom. The Morgan fingerprint density at radius 3 is 1.67 bits per heavy atom. The van der Waals surface area contributed by atoms with E-state index in [1.807, 2.05) is 30.4 Å². The van der Waals surface area contributed by atoms with Crippen molar-refractivity contribution in [2.45, 2.75) is 192 Å². The molecule has 0 bridgehead atoms. The fourth-order valence-electron chi connectivity index (χ4n) is 6.07. The summed E-state index contributed by atoms with van der Waals surface area (Å²) in [7, 11) is 0. The number of unbranched alkanes of at least 4 members (excludes halogenated alkanes) is 16. The molecule has 4 N–H and O–H groups in total. The summed E-state index contributed by atoms with van der Waals surface area (Å²) in [6, 6.07) is 0. The van der Waals surface area contributed by atoms with Crippen molar-refractivity contribution in [3.05, 3.63) is 60.8 Å². The summed E-state index contributed by atoms with van der Waals surface area (Å²) in [6.45, 7) is 3.23. The number of carbonyl (C=O) groups excluding carboxylic acids is 2. The van der Waals surface area contributed by atoms with Gasteiger partial charge >= 0.3 is 11.9 Å². The molecule has 1 saturated heterocycles. The van der Waals surface area contributed by atoms with Crippen LogP contribution < -0.4 is 0 Å². The lowest BCUT2D eigenvalue weighted by molar-refractivity contribution is -0.305. The number of aliphatic hydroxyl groups is 4. The smallest absolute Gasteiger partial charge is 0.306 e. The molecule has 0 aromatic carbocycles. The Morgan fingerprint density at radius 1 is 0.582 bits per heavy atom. The number of allylic oxidation sites excluding steroid dienone is 10. The fraction of sp³-hybridized carbons (Fsp3) is 0.733. The molecular weight excluding hydrogens is 700 g/mol. The van der Waals surface area contributed by atoms with Gasteiger partial charge in [0.15, 0.2) is 12.4 Å². The van der Waals surface area contributed by atoms with Gasteiger partial charge in [-0.15, -0.1) is 0 Å². The lowest BCUT2D eigenvalue weighted by Gasteiger charge is -2.39. The zero-order valence-corrected chi connectivity index (χ0v) is 34.2. The molecule has 6 atom stereocenters. The van der Waals surface area contributed by atoms with E-state index in [-0.39, 0.29) is 26.1 Å². The van der Waals surface area contributed by atoms with Crippen LogP contribution in [0, 0.1) is 0 Å². The highest BCUT2D eigenvalue weighted by Gasteiger charge is 2.44. The summed E-state index contributed by atoms with van der Waals surface area (Å²) in [5.41, 5.74) is 0. The summed E-state index contributed by atoms with van der Waals surface area (Å²) >= 11 is 0. The van der Waals surface area contributed by atoms with Crippen LogP contribution in [-0.2, 0) is 28.5 Å². The quantitative estimate of drug-likeness (QED) is 0.0216. The van der Waals surface area contributed by atoms with Crippen LogP contribution in [0.5, 0.6) is 0 Å². The van der Waals surface area contributed by atoms with Gasteiger partial charge in [-0.05, 0) is 57.8 Å². The lowest BCUT2D eigenvalue weighted by atomic mass is 9.99. The van der Waals surface area contributed by atoms with Crippen LogP contribution in [0.15, 0.2) is 60.8 Å². The topological polar surface area (TPSA) is 152 Å². The normalized spacial score (nSPS) is 21.2. The zero-order valence-electron chi connectivity index (χ0n) is 34.2. The highest BCUT2D eigenvalue weighted by atomic mass is 16.7. The van der Waals surface area contributed by atoms with Crippen molar-refractivity contribution in [1.29, 1.82) is 0 Å². The van der Waals surface area contributed by atoms with Gasteiger partial charge in [0.2, 0.25) is 0 Å². The molecule has 0 aromatic heterocycles. The van der Waals surface area contributed by atoms with E-state index in [1.54, 1.807) is 0 Å². The fourth-order valence-corrected chi connectivity index (χ4v) is 6.07. The maximum absolute atomic E-state index is 12.7. The minimum Gasteiger partial charge on any atom is -0.462 e. The van der Waals surface area contributed by atoms with Gasteiger partial charge in [-0.25, -0.2) is 0 Å². The number of ether oxygens (including phenoxy) is 4. The average Bonchev–Trinajstić information content (AvgIpc) is 3.18. The first kappa shape index (κ1) is 50.4. The maximum Gasteiger partial charge on any atom is 0.306 e. The summed E-state index contributed by atoms with van der Waals surface area (Å²) in [6.07, 6.45) is 35.1. The van der Waals surface area contributed by atoms with Crippen LogP contribution in [0.1, 0.15) is 155 Å². The molecule has 0 saturated carbocycles. The molecule has 1 fully saturated rings. The minimum absolute atomic E-state index is 0.212. The Labute approximate surface area is 332 Å². The van der Waals surface area contributed by atoms with Crippen LogP contribution >= 0.6 is 0 Å². The SMILES string of the molecule is CC/C=C/C=C/C=C/C=C/CCCCCCCC(=O)OC[C@@H](CO[C@H]1O[C@@H](CO)[C@@H](O)C(O)C1O)OC(=O)CCCCCCC/C=C/CCCCCCCC. The van der Waals surface area contributed by atoms with E-state index in [2.05, 4.69) is 44.2 Å². The van der Waals surface area contributed by atoms with Crippen LogP contribution in [0.2, 0.25) is 0 Å². The van der Waals surface area contributed by atoms with Crippen molar-refractivity contribution >= 4 is 11.9 Å². The zero-order chi connectivity index (χ0) is 40.2. The number of rotatable bonds is 34. The van der Waals surface area contributed by atoms with E-state index < -0.39 is 55.4 Å². The molecule has 0 aromatic rings.